The van der Waals surface area contributed by atoms with Crippen molar-refractivity contribution in [3.63, 3.8) is 0 Å². The molecule has 1 aliphatic rings. The van der Waals surface area contributed by atoms with Gasteiger partial charge in [0.15, 0.2) is 0 Å². The first-order valence-electron chi connectivity index (χ1n) is 10.9. The highest BCUT2D eigenvalue weighted by Gasteiger charge is 2.11. The van der Waals surface area contributed by atoms with Crippen molar-refractivity contribution in [1.82, 2.24) is 4.90 Å². The molecule has 0 aromatic heterocycles. The Morgan fingerprint density at radius 3 is 2.67 bits per heavy atom. The zero-order valence-electron chi connectivity index (χ0n) is 17.7. The van der Waals surface area contributed by atoms with Gasteiger partial charge in [-0.1, -0.05) is 54.1 Å². The lowest BCUT2D eigenvalue weighted by atomic mass is 10.00. The minimum absolute atomic E-state index is 0.164. The molecule has 3 heteroatoms. The van der Waals surface area contributed by atoms with Crippen LogP contribution in [0.5, 0.6) is 5.75 Å². The molecule has 0 radical (unpaired) electrons. The third kappa shape index (κ3) is 5.70. The van der Waals surface area contributed by atoms with Crippen LogP contribution in [0, 0.1) is 12.7 Å². The van der Waals surface area contributed by atoms with Crippen molar-refractivity contribution >= 4 is 0 Å². The minimum atomic E-state index is -0.164. The molecule has 0 aliphatic carbocycles. The lowest BCUT2D eigenvalue weighted by Crippen LogP contribution is -2.24. The Bertz CT molecular complexity index is 984. The number of benzene rings is 3. The van der Waals surface area contributed by atoms with Crippen LogP contribution in [0.2, 0.25) is 0 Å². The van der Waals surface area contributed by atoms with Gasteiger partial charge < -0.3 is 4.74 Å². The molecule has 156 valence electrons. The second-order valence-electron chi connectivity index (χ2n) is 8.36. The average Bonchev–Trinajstić information content (AvgIpc) is 2.71. The summed E-state index contributed by atoms with van der Waals surface area (Å²) in [4.78, 5) is 2.43. The van der Waals surface area contributed by atoms with E-state index >= 15 is 0 Å². The predicted octanol–water partition coefficient (Wildman–Crippen LogP) is 6.29. The third-order valence-corrected chi connectivity index (χ3v) is 5.68. The van der Waals surface area contributed by atoms with Crippen molar-refractivity contribution in [2.45, 2.75) is 45.7 Å². The first-order chi connectivity index (χ1) is 14.7. The first-order valence-corrected chi connectivity index (χ1v) is 10.9. The average molecular weight is 404 g/mol. The van der Waals surface area contributed by atoms with Crippen molar-refractivity contribution in [1.29, 1.82) is 0 Å². The van der Waals surface area contributed by atoms with Crippen LogP contribution in [0.3, 0.4) is 0 Å². The van der Waals surface area contributed by atoms with E-state index in [9.17, 15) is 4.39 Å². The van der Waals surface area contributed by atoms with Gasteiger partial charge in [-0.2, -0.15) is 0 Å². The Labute approximate surface area is 179 Å². The summed E-state index contributed by atoms with van der Waals surface area (Å²) in [6.07, 6.45) is 4.15. The summed E-state index contributed by atoms with van der Waals surface area (Å²) >= 11 is 0. The largest absolute Gasteiger partial charge is 0.493 e. The summed E-state index contributed by atoms with van der Waals surface area (Å²) in [5, 5.41) is 0. The van der Waals surface area contributed by atoms with Crippen molar-refractivity contribution in [2.24, 2.45) is 0 Å². The molecule has 3 aromatic rings. The van der Waals surface area contributed by atoms with Gasteiger partial charge in [-0.25, -0.2) is 4.39 Å². The van der Waals surface area contributed by atoms with E-state index in [0.29, 0.717) is 0 Å². The van der Waals surface area contributed by atoms with Crippen molar-refractivity contribution in [2.75, 3.05) is 13.2 Å². The highest BCUT2D eigenvalue weighted by molar-refractivity contribution is 5.41. The Morgan fingerprint density at radius 2 is 1.77 bits per heavy atom. The van der Waals surface area contributed by atoms with E-state index in [1.165, 1.54) is 28.3 Å². The normalized spacial score (nSPS) is 15.7. The summed E-state index contributed by atoms with van der Waals surface area (Å²) < 4.78 is 19.8. The Hall–Kier alpha value is -2.65. The van der Waals surface area contributed by atoms with Crippen LogP contribution >= 0.6 is 0 Å². The van der Waals surface area contributed by atoms with Crippen LogP contribution in [0.15, 0.2) is 66.7 Å². The summed E-state index contributed by atoms with van der Waals surface area (Å²) in [6, 6.07) is 22.3. The van der Waals surface area contributed by atoms with Gasteiger partial charge in [0.05, 0.1) is 6.61 Å². The zero-order chi connectivity index (χ0) is 20.8. The Kier molecular flexibility index (Phi) is 6.81. The van der Waals surface area contributed by atoms with E-state index in [2.05, 4.69) is 54.3 Å². The molecule has 0 unspecified atom stereocenters. The topological polar surface area (TPSA) is 12.5 Å². The second kappa shape index (κ2) is 9.90. The number of fused-ring (bicyclic) bond motifs is 3. The maximum Gasteiger partial charge on any atom is 0.123 e. The molecule has 1 heterocycles. The summed E-state index contributed by atoms with van der Waals surface area (Å²) in [5.41, 5.74) is 6.14. The fourth-order valence-corrected chi connectivity index (χ4v) is 4.21. The molecule has 0 fully saturated rings. The van der Waals surface area contributed by atoms with E-state index in [1.807, 2.05) is 6.07 Å². The molecule has 0 spiro atoms. The summed E-state index contributed by atoms with van der Waals surface area (Å²) in [7, 11) is 0. The minimum Gasteiger partial charge on any atom is -0.493 e. The molecule has 30 heavy (non-hydrogen) atoms. The second-order valence-corrected chi connectivity index (χ2v) is 8.36. The molecule has 0 saturated heterocycles. The van der Waals surface area contributed by atoms with Crippen LogP contribution in [0.1, 0.15) is 47.1 Å². The van der Waals surface area contributed by atoms with Crippen LogP contribution in [-0.4, -0.2) is 18.1 Å². The van der Waals surface area contributed by atoms with Gasteiger partial charge in [0.25, 0.3) is 0 Å². The van der Waals surface area contributed by atoms with Gasteiger partial charge in [0, 0.05) is 19.5 Å². The maximum absolute atomic E-state index is 13.7. The summed E-state index contributed by atoms with van der Waals surface area (Å²) in [5.74, 6) is 0.846. The summed E-state index contributed by atoms with van der Waals surface area (Å²) in [6.45, 7) is 5.52. The standard InChI is InChI=1S/C27H30FNO/c1-21-11-12-27-25(15-21)17-22-7-5-8-23(16-22)19-29(13-3-2-4-14-30-27)20-24-9-6-10-26(28)18-24/h5-12,15-16,18H,2-4,13-14,17,19-20H2,1H3. The van der Waals surface area contributed by atoms with Crippen molar-refractivity contribution in [3.05, 3.63) is 100 Å². The van der Waals surface area contributed by atoms with Gasteiger partial charge in [-0.15, -0.1) is 0 Å². The highest BCUT2D eigenvalue weighted by atomic mass is 19.1. The van der Waals surface area contributed by atoms with Crippen LogP contribution < -0.4 is 4.74 Å². The molecule has 3 aromatic carbocycles. The number of hydrogen-bond acceptors (Lipinski definition) is 2. The Morgan fingerprint density at radius 1 is 0.900 bits per heavy atom. The number of rotatable bonds is 2. The predicted molar refractivity (Wildman–Crippen MR) is 120 cm³/mol. The number of halogens is 1. The van der Waals surface area contributed by atoms with E-state index in [4.69, 9.17) is 4.74 Å². The van der Waals surface area contributed by atoms with Crippen LogP contribution in [-0.2, 0) is 19.5 Å². The molecule has 0 amide bonds. The number of nitrogens with zero attached hydrogens (tertiary/aromatic N) is 1. The van der Waals surface area contributed by atoms with Gasteiger partial charge in [-0.3, -0.25) is 4.90 Å². The monoisotopic (exact) mass is 403 g/mol. The van der Waals surface area contributed by atoms with Crippen molar-refractivity contribution < 1.29 is 9.13 Å². The van der Waals surface area contributed by atoms with E-state index < -0.39 is 0 Å². The third-order valence-electron chi connectivity index (χ3n) is 5.68. The lowest BCUT2D eigenvalue weighted by Gasteiger charge is -2.23. The van der Waals surface area contributed by atoms with Crippen LogP contribution in [0.4, 0.5) is 4.39 Å². The maximum atomic E-state index is 13.7. The first kappa shape index (κ1) is 20.6. The Balaban J connectivity index is 1.58. The molecular formula is C27H30FNO. The van der Waals surface area contributed by atoms with Gasteiger partial charge in [0.1, 0.15) is 11.6 Å². The molecule has 2 bridgehead atoms. The molecule has 0 N–H and O–H groups in total. The fourth-order valence-electron chi connectivity index (χ4n) is 4.21. The number of aryl methyl sites for hydroxylation is 1. The van der Waals surface area contributed by atoms with Crippen LogP contribution in [0.25, 0.3) is 0 Å². The van der Waals surface area contributed by atoms with E-state index in [0.717, 1.165) is 63.2 Å². The smallest absolute Gasteiger partial charge is 0.123 e. The molecule has 0 saturated carbocycles. The number of ether oxygens (including phenoxy) is 1. The van der Waals surface area contributed by atoms with Crippen molar-refractivity contribution in [3.8, 4) is 5.75 Å². The molecule has 4 rings (SSSR count). The zero-order valence-corrected chi connectivity index (χ0v) is 17.7. The van der Waals surface area contributed by atoms with E-state index in [-0.39, 0.29) is 5.82 Å². The molecular weight excluding hydrogens is 373 g/mol. The SMILES string of the molecule is Cc1ccc2c(c1)Cc1cccc(c1)CN(Cc1cccc(F)c1)CCCCCO2. The van der Waals surface area contributed by atoms with Gasteiger partial charge >= 0.3 is 0 Å². The lowest BCUT2D eigenvalue weighted by molar-refractivity contribution is 0.243. The molecule has 1 aliphatic heterocycles. The highest BCUT2D eigenvalue weighted by Crippen LogP contribution is 2.25. The fraction of sp³-hybridized carbons (Fsp3) is 0.333. The van der Waals surface area contributed by atoms with Gasteiger partial charge in [-0.05, 0) is 73.2 Å². The van der Waals surface area contributed by atoms with E-state index in [1.54, 1.807) is 12.1 Å². The quantitative estimate of drug-likeness (QED) is 0.499. The molecule has 2 nitrogen and oxygen atoms in total. The van der Waals surface area contributed by atoms with Gasteiger partial charge in [0.2, 0.25) is 0 Å². The number of hydrogen-bond donors (Lipinski definition) is 0. The molecule has 0 atom stereocenters.